The van der Waals surface area contributed by atoms with Crippen LogP contribution in [0.25, 0.3) is 0 Å². The maximum absolute atomic E-state index is 11.4. The molecule has 0 aliphatic carbocycles. The normalized spacial score (nSPS) is 10.3. The topological polar surface area (TPSA) is 67.2 Å². The third-order valence-electron chi connectivity index (χ3n) is 3.27. The number of benzene rings is 2. The van der Waals surface area contributed by atoms with Crippen LogP contribution in [0.5, 0.6) is 0 Å². The maximum Gasteiger partial charge on any atom is 0.250 e. The summed E-state index contributed by atoms with van der Waals surface area (Å²) >= 11 is 5.34. The fraction of sp³-hybridized carbons (Fsp3) is 0.176. The summed E-state index contributed by atoms with van der Waals surface area (Å²) in [5, 5.41) is 6.62. The van der Waals surface area contributed by atoms with Gasteiger partial charge in [0.1, 0.15) is 0 Å². The highest BCUT2D eigenvalue weighted by Crippen LogP contribution is 2.24. The maximum atomic E-state index is 11.4. The number of rotatable bonds is 4. The smallest absolute Gasteiger partial charge is 0.250 e. The molecule has 4 nitrogen and oxygen atoms in total. The van der Waals surface area contributed by atoms with Gasteiger partial charge in [-0.25, -0.2) is 0 Å². The van der Waals surface area contributed by atoms with Gasteiger partial charge in [-0.1, -0.05) is 44.2 Å². The number of carbonyl (C=O) groups excluding carboxylic acids is 1. The van der Waals surface area contributed by atoms with Crippen LogP contribution in [0.15, 0.2) is 48.5 Å². The van der Waals surface area contributed by atoms with Crippen molar-refractivity contribution in [2.24, 2.45) is 5.73 Å². The molecule has 0 unspecified atom stereocenters. The Hall–Kier alpha value is -2.40. The molecule has 22 heavy (non-hydrogen) atoms. The van der Waals surface area contributed by atoms with Crippen molar-refractivity contribution in [2.75, 3.05) is 10.6 Å². The van der Waals surface area contributed by atoms with Gasteiger partial charge in [0.05, 0.1) is 11.3 Å². The number of thiocarbonyl (C=S) groups is 1. The van der Waals surface area contributed by atoms with Crippen LogP contribution < -0.4 is 16.4 Å². The first-order chi connectivity index (χ1) is 10.5. The van der Waals surface area contributed by atoms with Crippen molar-refractivity contribution in [3.05, 3.63) is 59.7 Å². The second-order valence-electron chi connectivity index (χ2n) is 5.23. The number of hydrogen-bond donors (Lipinski definition) is 3. The highest BCUT2D eigenvalue weighted by atomic mass is 32.1. The molecule has 2 aromatic rings. The van der Waals surface area contributed by atoms with Crippen molar-refractivity contribution in [1.29, 1.82) is 0 Å². The van der Waals surface area contributed by atoms with E-state index in [2.05, 4.69) is 30.5 Å². The van der Waals surface area contributed by atoms with Gasteiger partial charge in [0, 0.05) is 5.69 Å². The number of hydrogen-bond acceptors (Lipinski definition) is 2. The molecule has 0 fully saturated rings. The molecule has 0 heterocycles. The lowest BCUT2D eigenvalue weighted by atomic mass is 10.0. The van der Waals surface area contributed by atoms with Crippen LogP contribution in [0.2, 0.25) is 0 Å². The fourth-order valence-electron chi connectivity index (χ4n) is 2.20. The second kappa shape index (κ2) is 7.04. The Kier molecular flexibility index (Phi) is 5.12. The number of nitrogens with two attached hydrogens (primary N) is 1. The third kappa shape index (κ3) is 3.83. The molecule has 0 atom stereocenters. The summed E-state index contributed by atoms with van der Waals surface area (Å²) in [4.78, 5) is 11.4. The molecule has 2 rings (SSSR count). The zero-order chi connectivity index (χ0) is 16.1. The van der Waals surface area contributed by atoms with Crippen molar-refractivity contribution in [3.8, 4) is 0 Å². The molecule has 4 N–H and O–H groups in total. The zero-order valence-corrected chi connectivity index (χ0v) is 13.4. The van der Waals surface area contributed by atoms with Gasteiger partial charge >= 0.3 is 0 Å². The first-order valence-electron chi connectivity index (χ1n) is 7.04. The standard InChI is InChI=1S/C17H19N3OS/c1-11(2)12-7-3-5-9-14(12)19-17(22)20-15-10-6-4-8-13(15)16(18)21/h3-11H,1-2H3,(H2,18,21)(H2,19,20,22). The Morgan fingerprint density at radius 1 is 1.00 bits per heavy atom. The first-order valence-corrected chi connectivity index (χ1v) is 7.45. The molecule has 5 heteroatoms. The van der Waals surface area contributed by atoms with E-state index in [-0.39, 0.29) is 0 Å². The van der Waals surface area contributed by atoms with Crippen LogP contribution in [-0.2, 0) is 0 Å². The summed E-state index contributed by atoms with van der Waals surface area (Å²) in [6, 6.07) is 15.0. The monoisotopic (exact) mass is 313 g/mol. The van der Waals surface area contributed by atoms with E-state index in [1.165, 1.54) is 5.56 Å². The second-order valence-corrected chi connectivity index (χ2v) is 5.64. The average Bonchev–Trinajstić information content (AvgIpc) is 2.47. The molecule has 0 aromatic heterocycles. The van der Waals surface area contributed by atoms with Crippen molar-refractivity contribution in [3.63, 3.8) is 0 Å². The van der Waals surface area contributed by atoms with Crippen molar-refractivity contribution in [1.82, 2.24) is 0 Å². The zero-order valence-electron chi connectivity index (χ0n) is 12.6. The summed E-state index contributed by atoms with van der Waals surface area (Å²) in [6.45, 7) is 4.25. The molecular weight excluding hydrogens is 294 g/mol. The third-order valence-corrected chi connectivity index (χ3v) is 3.48. The predicted octanol–water partition coefficient (Wildman–Crippen LogP) is 3.72. The Balaban J connectivity index is 2.17. The number of anilines is 2. The Bertz CT molecular complexity index is 698. The van der Waals surface area contributed by atoms with Crippen molar-refractivity contribution < 1.29 is 4.79 Å². The summed E-state index contributed by atoms with van der Waals surface area (Å²) in [7, 11) is 0. The lowest BCUT2D eigenvalue weighted by molar-refractivity contribution is 0.100. The van der Waals surface area contributed by atoms with Crippen LogP contribution in [0.1, 0.15) is 35.7 Å². The van der Waals surface area contributed by atoms with E-state index in [1.807, 2.05) is 24.3 Å². The van der Waals surface area contributed by atoms with Gasteiger partial charge in [0.15, 0.2) is 5.11 Å². The van der Waals surface area contributed by atoms with E-state index < -0.39 is 5.91 Å². The van der Waals surface area contributed by atoms with Gasteiger partial charge in [0.25, 0.3) is 5.91 Å². The van der Waals surface area contributed by atoms with Gasteiger partial charge in [-0.3, -0.25) is 4.79 Å². The Labute approximate surface area is 135 Å². The number of primary amides is 1. The molecule has 2 aromatic carbocycles. The van der Waals surface area contributed by atoms with Gasteiger partial charge in [-0.05, 0) is 41.9 Å². The Morgan fingerprint density at radius 3 is 2.18 bits per heavy atom. The number of amides is 1. The van der Waals surface area contributed by atoms with Crippen LogP contribution >= 0.6 is 12.2 Å². The fourth-order valence-corrected chi connectivity index (χ4v) is 2.42. The molecule has 1 amide bonds. The molecule has 114 valence electrons. The molecular formula is C17H19N3OS. The van der Waals surface area contributed by atoms with Gasteiger partial charge in [-0.2, -0.15) is 0 Å². The van der Waals surface area contributed by atoms with E-state index in [0.29, 0.717) is 22.3 Å². The van der Waals surface area contributed by atoms with E-state index in [9.17, 15) is 4.79 Å². The lowest BCUT2D eigenvalue weighted by Crippen LogP contribution is -2.22. The SMILES string of the molecule is CC(C)c1ccccc1NC(=S)Nc1ccccc1C(N)=O. The molecule has 0 aliphatic rings. The molecule has 0 saturated carbocycles. The first kappa shape index (κ1) is 16.0. The molecule has 0 radical (unpaired) electrons. The summed E-state index contributed by atoms with van der Waals surface area (Å²) in [5.41, 5.74) is 8.49. The van der Waals surface area contributed by atoms with Crippen LogP contribution in [-0.4, -0.2) is 11.0 Å². The van der Waals surface area contributed by atoms with Crippen molar-refractivity contribution in [2.45, 2.75) is 19.8 Å². The molecule has 0 aliphatic heterocycles. The number of nitrogens with one attached hydrogen (secondary N) is 2. The van der Waals surface area contributed by atoms with E-state index in [1.54, 1.807) is 18.2 Å². The van der Waals surface area contributed by atoms with Crippen LogP contribution in [0, 0.1) is 0 Å². The summed E-state index contributed by atoms with van der Waals surface area (Å²) in [5.74, 6) is -0.113. The minimum atomic E-state index is -0.492. The Morgan fingerprint density at radius 2 is 1.55 bits per heavy atom. The number of carbonyl (C=O) groups is 1. The van der Waals surface area contributed by atoms with Crippen molar-refractivity contribution >= 4 is 34.6 Å². The van der Waals surface area contributed by atoms with Crippen LogP contribution in [0.3, 0.4) is 0 Å². The van der Waals surface area contributed by atoms with E-state index in [0.717, 1.165) is 5.69 Å². The highest BCUT2D eigenvalue weighted by Gasteiger charge is 2.10. The molecule has 0 saturated heterocycles. The summed E-state index contributed by atoms with van der Waals surface area (Å²) < 4.78 is 0. The van der Waals surface area contributed by atoms with E-state index in [4.69, 9.17) is 18.0 Å². The summed E-state index contributed by atoms with van der Waals surface area (Å²) in [6.07, 6.45) is 0. The minimum Gasteiger partial charge on any atom is -0.366 e. The highest BCUT2D eigenvalue weighted by molar-refractivity contribution is 7.80. The number of para-hydroxylation sites is 2. The predicted molar refractivity (Wildman–Crippen MR) is 95.3 cm³/mol. The molecule has 0 bridgehead atoms. The quantitative estimate of drug-likeness (QED) is 0.753. The lowest BCUT2D eigenvalue weighted by Gasteiger charge is -2.16. The van der Waals surface area contributed by atoms with E-state index >= 15 is 0 Å². The van der Waals surface area contributed by atoms with Crippen LogP contribution in [0.4, 0.5) is 11.4 Å². The van der Waals surface area contributed by atoms with Gasteiger partial charge < -0.3 is 16.4 Å². The minimum absolute atomic E-state index is 0.379. The average molecular weight is 313 g/mol. The largest absolute Gasteiger partial charge is 0.366 e. The van der Waals surface area contributed by atoms with Gasteiger partial charge in [0.2, 0.25) is 0 Å². The molecule has 0 spiro atoms. The van der Waals surface area contributed by atoms with Gasteiger partial charge in [-0.15, -0.1) is 0 Å².